The van der Waals surface area contributed by atoms with Crippen LogP contribution in [0.25, 0.3) is 0 Å². The number of nitrogens with one attached hydrogen (secondary N) is 2. The molecule has 1 heterocycles. The quantitative estimate of drug-likeness (QED) is 0.260. The Morgan fingerprint density at radius 3 is 2.58 bits per heavy atom. The van der Waals surface area contributed by atoms with Crippen molar-refractivity contribution in [2.45, 2.75) is 65.0 Å². The lowest BCUT2D eigenvalue weighted by molar-refractivity contribution is -0.117. The van der Waals surface area contributed by atoms with Crippen LogP contribution in [0.4, 0.5) is 5.69 Å². The van der Waals surface area contributed by atoms with E-state index in [-0.39, 0.29) is 29.9 Å². The third-order valence-electron chi connectivity index (χ3n) is 4.63. The van der Waals surface area contributed by atoms with E-state index in [0.29, 0.717) is 12.5 Å². The predicted molar refractivity (Wildman–Crippen MR) is 120 cm³/mol. The van der Waals surface area contributed by atoms with E-state index in [9.17, 15) is 4.79 Å². The van der Waals surface area contributed by atoms with Gasteiger partial charge >= 0.3 is 0 Å². The number of aliphatic imine (C=N–C) groups is 1. The third kappa shape index (κ3) is 7.13. The van der Waals surface area contributed by atoms with E-state index in [1.807, 2.05) is 17.0 Å². The van der Waals surface area contributed by atoms with Gasteiger partial charge in [-0.2, -0.15) is 0 Å². The van der Waals surface area contributed by atoms with Crippen molar-refractivity contribution in [1.82, 2.24) is 10.6 Å². The molecule has 1 saturated heterocycles. The van der Waals surface area contributed by atoms with E-state index in [2.05, 4.69) is 41.6 Å². The Hall–Kier alpha value is -1.31. The molecule has 1 aliphatic rings. The number of benzene rings is 1. The number of halogens is 1. The monoisotopic (exact) mass is 472 g/mol. The second kappa shape index (κ2) is 12.1. The second-order valence-electron chi connectivity index (χ2n) is 6.78. The Bertz CT molecular complexity index is 574. The fraction of sp³-hybridized carbons (Fsp3) is 0.600. The average molecular weight is 472 g/mol. The molecule has 0 bridgehead atoms. The summed E-state index contributed by atoms with van der Waals surface area (Å²) in [4.78, 5) is 18.0. The first-order valence-corrected chi connectivity index (χ1v) is 9.50. The van der Waals surface area contributed by atoms with Gasteiger partial charge in [0.2, 0.25) is 5.91 Å². The molecule has 1 fully saturated rings. The lowest BCUT2D eigenvalue weighted by Gasteiger charge is -2.18. The molecule has 0 saturated carbocycles. The Labute approximate surface area is 175 Å². The molecule has 0 spiro atoms. The van der Waals surface area contributed by atoms with Crippen molar-refractivity contribution in [2.75, 3.05) is 18.5 Å². The molecule has 1 unspecified atom stereocenters. The van der Waals surface area contributed by atoms with Gasteiger partial charge in [-0.3, -0.25) is 9.79 Å². The minimum Gasteiger partial charge on any atom is -0.354 e. The normalized spacial score (nSPS) is 15.6. The number of hydrogen-bond donors (Lipinski definition) is 2. The number of amides is 1. The summed E-state index contributed by atoms with van der Waals surface area (Å²) >= 11 is 0. The highest BCUT2D eigenvalue weighted by atomic mass is 127. The van der Waals surface area contributed by atoms with Crippen LogP contribution in [0.2, 0.25) is 0 Å². The molecule has 1 aliphatic heterocycles. The predicted octanol–water partition coefficient (Wildman–Crippen LogP) is 4.07. The lowest BCUT2D eigenvalue weighted by atomic mass is 10.1. The minimum absolute atomic E-state index is 0. The van der Waals surface area contributed by atoms with Crippen LogP contribution in [0.15, 0.2) is 29.3 Å². The maximum atomic E-state index is 11.8. The first kappa shape index (κ1) is 22.7. The van der Waals surface area contributed by atoms with Crippen molar-refractivity contribution >= 4 is 41.5 Å². The smallest absolute Gasteiger partial charge is 0.227 e. The van der Waals surface area contributed by atoms with Crippen LogP contribution >= 0.6 is 24.0 Å². The van der Waals surface area contributed by atoms with Gasteiger partial charge in [0.05, 0.1) is 0 Å². The molecule has 26 heavy (non-hydrogen) atoms. The largest absolute Gasteiger partial charge is 0.354 e. The van der Waals surface area contributed by atoms with Gasteiger partial charge in [-0.05, 0) is 37.5 Å². The number of carbonyl (C=O) groups excluding carboxylic acids is 1. The molecular weight excluding hydrogens is 439 g/mol. The fourth-order valence-corrected chi connectivity index (χ4v) is 3.10. The number of nitrogens with zero attached hydrogens (tertiary/aromatic N) is 2. The van der Waals surface area contributed by atoms with Gasteiger partial charge in [0.1, 0.15) is 0 Å². The summed E-state index contributed by atoms with van der Waals surface area (Å²) in [7, 11) is 1.80. The molecule has 5 nitrogen and oxygen atoms in total. The Morgan fingerprint density at radius 2 is 2.00 bits per heavy atom. The summed E-state index contributed by atoms with van der Waals surface area (Å²) < 4.78 is 0. The number of guanidine groups is 1. The van der Waals surface area contributed by atoms with E-state index in [1.54, 1.807) is 7.05 Å². The van der Waals surface area contributed by atoms with Crippen molar-refractivity contribution in [3.05, 3.63) is 29.8 Å². The summed E-state index contributed by atoms with van der Waals surface area (Å²) in [6, 6.07) is 8.63. The van der Waals surface area contributed by atoms with Crippen LogP contribution < -0.4 is 15.5 Å². The third-order valence-corrected chi connectivity index (χ3v) is 4.63. The van der Waals surface area contributed by atoms with Crippen LogP contribution in [-0.4, -0.2) is 31.5 Å². The maximum absolute atomic E-state index is 11.8. The first-order valence-electron chi connectivity index (χ1n) is 9.50. The molecule has 2 rings (SSSR count). The minimum atomic E-state index is 0. The summed E-state index contributed by atoms with van der Waals surface area (Å²) in [6.07, 6.45) is 6.57. The molecule has 146 valence electrons. The second-order valence-corrected chi connectivity index (χ2v) is 6.78. The molecule has 0 aliphatic carbocycles. The number of carbonyl (C=O) groups is 1. The van der Waals surface area contributed by atoms with E-state index in [1.165, 1.54) is 24.8 Å². The maximum Gasteiger partial charge on any atom is 0.227 e. The number of anilines is 1. The SMILES string of the molecule is CCCCCC(C)NC(=NC)NCc1ccc(N2CCCC2=O)cc1.I. The molecule has 2 N–H and O–H groups in total. The Morgan fingerprint density at radius 1 is 1.27 bits per heavy atom. The Kier molecular flexibility index (Phi) is 10.6. The van der Waals surface area contributed by atoms with E-state index in [4.69, 9.17) is 0 Å². The van der Waals surface area contributed by atoms with E-state index in [0.717, 1.165) is 37.6 Å². The first-order chi connectivity index (χ1) is 12.1. The van der Waals surface area contributed by atoms with Gasteiger partial charge in [0.15, 0.2) is 5.96 Å². The van der Waals surface area contributed by atoms with Crippen LogP contribution in [0.3, 0.4) is 0 Å². The van der Waals surface area contributed by atoms with Gasteiger partial charge in [0.25, 0.3) is 0 Å². The average Bonchev–Trinajstić information content (AvgIpc) is 3.05. The molecule has 0 radical (unpaired) electrons. The van der Waals surface area contributed by atoms with Crippen LogP contribution in [0.1, 0.15) is 57.9 Å². The molecule has 1 aromatic carbocycles. The van der Waals surface area contributed by atoms with Crippen LogP contribution in [0.5, 0.6) is 0 Å². The Balaban J connectivity index is 0.00000338. The van der Waals surface area contributed by atoms with Crippen LogP contribution in [0, 0.1) is 0 Å². The fourth-order valence-electron chi connectivity index (χ4n) is 3.10. The van der Waals surface area contributed by atoms with E-state index < -0.39 is 0 Å². The van der Waals surface area contributed by atoms with Crippen LogP contribution in [-0.2, 0) is 11.3 Å². The molecule has 1 atom stereocenters. The van der Waals surface area contributed by atoms with Crippen molar-refractivity contribution in [3.63, 3.8) is 0 Å². The van der Waals surface area contributed by atoms with Crippen molar-refractivity contribution in [3.8, 4) is 0 Å². The molecule has 6 heteroatoms. The molecule has 1 aromatic rings. The highest BCUT2D eigenvalue weighted by molar-refractivity contribution is 14.0. The standard InChI is InChI=1S/C20H32N4O.HI/c1-4-5-6-8-16(2)23-20(21-3)22-15-17-10-12-18(13-11-17)24-14-7-9-19(24)25;/h10-13,16H,4-9,14-15H2,1-3H3,(H2,21,22,23);1H. The van der Waals surface area contributed by atoms with Gasteiger partial charge in [-0.25, -0.2) is 0 Å². The molecule has 1 amide bonds. The van der Waals surface area contributed by atoms with Gasteiger partial charge in [0, 0.05) is 38.3 Å². The molecular formula is C20H33IN4O. The summed E-state index contributed by atoms with van der Waals surface area (Å²) in [6.45, 7) is 5.98. The molecule has 0 aromatic heterocycles. The van der Waals surface area contributed by atoms with Crippen molar-refractivity contribution in [2.24, 2.45) is 4.99 Å². The summed E-state index contributed by atoms with van der Waals surface area (Å²) in [5, 5.41) is 6.81. The van der Waals surface area contributed by atoms with E-state index >= 15 is 0 Å². The zero-order valence-electron chi connectivity index (χ0n) is 16.3. The van der Waals surface area contributed by atoms with Crippen molar-refractivity contribution in [1.29, 1.82) is 0 Å². The van der Waals surface area contributed by atoms with Gasteiger partial charge in [-0.15, -0.1) is 24.0 Å². The zero-order chi connectivity index (χ0) is 18.1. The number of unbranched alkanes of at least 4 members (excludes halogenated alkanes) is 2. The summed E-state index contributed by atoms with van der Waals surface area (Å²) in [5.74, 6) is 1.07. The van der Waals surface area contributed by atoms with Gasteiger partial charge in [-0.1, -0.05) is 38.3 Å². The van der Waals surface area contributed by atoms with Gasteiger partial charge < -0.3 is 15.5 Å². The topological polar surface area (TPSA) is 56.7 Å². The van der Waals surface area contributed by atoms with Crippen molar-refractivity contribution < 1.29 is 4.79 Å². The lowest BCUT2D eigenvalue weighted by Crippen LogP contribution is -2.41. The highest BCUT2D eigenvalue weighted by Crippen LogP contribution is 2.21. The zero-order valence-corrected chi connectivity index (χ0v) is 18.6. The number of rotatable bonds is 8. The number of hydrogen-bond acceptors (Lipinski definition) is 2. The highest BCUT2D eigenvalue weighted by Gasteiger charge is 2.21. The summed E-state index contributed by atoms with van der Waals surface area (Å²) in [5.41, 5.74) is 2.18.